The molecule has 3 heterocycles. The molecule has 0 unspecified atom stereocenters. The number of rotatable bonds is 3. The Labute approximate surface area is 151 Å². The highest BCUT2D eigenvalue weighted by Crippen LogP contribution is 2.21. The molecular formula is C19H21N5O2. The standard InChI is InChI=1S/C19H21N5O2/c1-15-7-10-22(17-18-21-9-12-23(18)11-8-20-17)13-14-24(15)26-19(25)16-5-3-2-4-6-16/h2-6,8-9,11-12,15H,7,10,13-14H2,1H3/t15-/m1/s1. The Morgan fingerprint density at radius 1 is 1.08 bits per heavy atom. The van der Waals surface area contributed by atoms with Crippen molar-refractivity contribution in [3.8, 4) is 0 Å². The number of aromatic nitrogens is 3. The van der Waals surface area contributed by atoms with Crippen molar-refractivity contribution in [3.05, 3.63) is 60.7 Å². The van der Waals surface area contributed by atoms with Crippen LogP contribution >= 0.6 is 0 Å². The Bertz CT molecular complexity index is 895. The van der Waals surface area contributed by atoms with E-state index in [0.29, 0.717) is 18.7 Å². The molecule has 4 rings (SSSR count). The van der Waals surface area contributed by atoms with E-state index in [0.717, 1.165) is 24.4 Å². The van der Waals surface area contributed by atoms with Gasteiger partial charge >= 0.3 is 5.97 Å². The van der Waals surface area contributed by atoms with Crippen molar-refractivity contribution in [2.75, 3.05) is 24.5 Å². The predicted molar refractivity (Wildman–Crippen MR) is 97.8 cm³/mol. The van der Waals surface area contributed by atoms with Gasteiger partial charge in [-0.3, -0.25) is 0 Å². The average Bonchev–Trinajstić information content (AvgIpc) is 3.09. The summed E-state index contributed by atoms with van der Waals surface area (Å²) in [6, 6.07) is 9.21. The highest BCUT2D eigenvalue weighted by molar-refractivity contribution is 5.89. The molecule has 7 heteroatoms. The SMILES string of the molecule is C[C@@H]1CCN(c2nccn3ccnc23)CCN1OC(=O)c1ccccc1. The van der Waals surface area contributed by atoms with Gasteiger partial charge in [0.05, 0.1) is 12.1 Å². The van der Waals surface area contributed by atoms with Gasteiger partial charge in [-0.05, 0) is 25.5 Å². The van der Waals surface area contributed by atoms with Gasteiger partial charge in [-0.1, -0.05) is 18.2 Å². The van der Waals surface area contributed by atoms with Crippen LogP contribution in [0.25, 0.3) is 5.65 Å². The van der Waals surface area contributed by atoms with Gasteiger partial charge in [0, 0.05) is 43.9 Å². The van der Waals surface area contributed by atoms with E-state index in [1.54, 1.807) is 29.6 Å². The van der Waals surface area contributed by atoms with Crippen molar-refractivity contribution in [2.24, 2.45) is 0 Å². The summed E-state index contributed by atoms with van der Waals surface area (Å²) < 4.78 is 1.96. The van der Waals surface area contributed by atoms with E-state index in [9.17, 15) is 4.79 Å². The topological polar surface area (TPSA) is 63.0 Å². The van der Waals surface area contributed by atoms with Gasteiger partial charge in [-0.2, -0.15) is 0 Å². The molecule has 1 saturated heterocycles. The molecule has 2 aromatic heterocycles. The smallest absolute Gasteiger partial charge is 0.357 e. The summed E-state index contributed by atoms with van der Waals surface area (Å²) >= 11 is 0. The summed E-state index contributed by atoms with van der Waals surface area (Å²) in [6.45, 7) is 4.24. The second-order valence-electron chi connectivity index (χ2n) is 6.42. The molecule has 0 radical (unpaired) electrons. The van der Waals surface area contributed by atoms with Crippen LogP contribution in [0.3, 0.4) is 0 Å². The number of benzene rings is 1. The minimum atomic E-state index is -0.320. The third kappa shape index (κ3) is 3.25. The second kappa shape index (κ2) is 7.13. The zero-order chi connectivity index (χ0) is 17.9. The molecule has 1 aliphatic rings. The number of anilines is 1. The molecule has 0 saturated carbocycles. The number of carbonyl (C=O) groups excluding carboxylic acids is 1. The minimum Gasteiger partial charge on any atom is -0.364 e. The van der Waals surface area contributed by atoms with Crippen LogP contribution in [0, 0.1) is 0 Å². The molecule has 1 fully saturated rings. The maximum atomic E-state index is 12.4. The van der Waals surface area contributed by atoms with Crippen LogP contribution in [0.4, 0.5) is 5.82 Å². The lowest BCUT2D eigenvalue weighted by molar-refractivity contribution is -0.130. The van der Waals surface area contributed by atoms with Crippen molar-refractivity contribution in [2.45, 2.75) is 19.4 Å². The van der Waals surface area contributed by atoms with Crippen LogP contribution < -0.4 is 4.90 Å². The van der Waals surface area contributed by atoms with Gasteiger partial charge in [0.1, 0.15) is 0 Å². The van der Waals surface area contributed by atoms with Gasteiger partial charge in [-0.25, -0.2) is 14.8 Å². The monoisotopic (exact) mass is 351 g/mol. The third-order valence-electron chi connectivity index (χ3n) is 4.70. The predicted octanol–water partition coefficient (Wildman–Crippen LogP) is 2.40. The number of hydrogen-bond acceptors (Lipinski definition) is 6. The summed E-state index contributed by atoms with van der Waals surface area (Å²) in [4.78, 5) is 29.1. The molecule has 0 amide bonds. The molecule has 7 nitrogen and oxygen atoms in total. The Balaban J connectivity index is 1.48. The summed E-state index contributed by atoms with van der Waals surface area (Å²) in [5.74, 6) is 0.542. The van der Waals surface area contributed by atoms with Crippen LogP contribution in [-0.2, 0) is 4.84 Å². The van der Waals surface area contributed by atoms with Gasteiger partial charge in [-0.15, -0.1) is 5.06 Å². The van der Waals surface area contributed by atoms with Crippen molar-refractivity contribution in [1.29, 1.82) is 0 Å². The summed E-state index contributed by atoms with van der Waals surface area (Å²) in [5.41, 5.74) is 1.40. The quantitative estimate of drug-likeness (QED) is 0.722. The number of carbonyl (C=O) groups is 1. The van der Waals surface area contributed by atoms with E-state index < -0.39 is 0 Å². The minimum absolute atomic E-state index is 0.132. The molecule has 1 aliphatic heterocycles. The Kier molecular flexibility index (Phi) is 4.53. The molecular weight excluding hydrogens is 330 g/mol. The van der Waals surface area contributed by atoms with Crippen LogP contribution in [0.5, 0.6) is 0 Å². The first kappa shape index (κ1) is 16.5. The number of imidazole rings is 1. The first-order valence-electron chi connectivity index (χ1n) is 8.79. The van der Waals surface area contributed by atoms with Crippen LogP contribution in [0.15, 0.2) is 55.1 Å². The fourth-order valence-electron chi connectivity index (χ4n) is 3.18. The van der Waals surface area contributed by atoms with Crippen LogP contribution in [0.2, 0.25) is 0 Å². The van der Waals surface area contributed by atoms with E-state index in [1.807, 2.05) is 35.0 Å². The average molecular weight is 351 g/mol. The fourth-order valence-corrected chi connectivity index (χ4v) is 3.18. The van der Waals surface area contributed by atoms with Crippen LogP contribution in [-0.4, -0.2) is 51.1 Å². The summed E-state index contributed by atoms with van der Waals surface area (Å²) in [5, 5.41) is 1.78. The second-order valence-corrected chi connectivity index (χ2v) is 6.42. The van der Waals surface area contributed by atoms with E-state index >= 15 is 0 Å². The van der Waals surface area contributed by atoms with Crippen LogP contribution in [0.1, 0.15) is 23.7 Å². The normalized spacial score (nSPS) is 18.7. The lowest BCUT2D eigenvalue weighted by Crippen LogP contribution is -2.37. The highest BCUT2D eigenvalue weighted by Gasteiger charge is 2.26. The first-order chi connectivity index (χ1) is 12.7. The molecule has 1 aromatic carbocycles. The number of hydroxylamine groups is 2. The zero-order valence-electron chi connectivity index (χ0n) is 14.7. The molecule has 0 aliphatic carbocycles. The zero-order valence-corrected chi connectivity index (χ0v) is 14.7. The van der Waals surface area contributed by atoms with E-state index in [-0.39, 0.29) is 12.0 Å². The lowest BCUT2D eigenvalue weighted by Gasteiger charge is -2.24. The van der Waals surface area contributed by atoms with Gasteiger partial charge in [0.2, 0.25) is 0 Å². The van der Waals surface area contributed by atoms with E-state index in [4.69, 9.17) is 4.84 Å². The molecule has 0 N–H and O–H groups in total. The highest BCUT2D eigenvalue weighted by atomic mass is 16.7. The number of fused-ring (bicyclic) bond motifs is 1. The molecule has 0 spiro atoms. The summed E-state index contributed by atoms with van der Waals surface area (Å²) in [6.07, 6.45) is 8.22. The van der Waals surface area contributed by atoms with Crippen molar-refractivity contribution >= 4 is 17.4 Å². The number of hydrogen-bond donors (Lipinski definition) is 0. The molecule has 3 aromatic rings. The van der Waals surface area contributed by atoms with Crippen molar-refractivity contribution in [1.82, 2.24) is 19.4 Å². The molecule has 26 heavy (non-hydrogen) atoms. The maximum Gasteiger partial charge on any atom is 0.357 e. The van der Waals surface area contributed by atoms with E-state index in [1.165, 1.54) is 0 Å². The summed E-state index contributed by atoms with van der Waals surface area (Å²) in [7, 11) is 0. The molecule has 1 atom stereocenters. The number of nitrogens with zero attached hydrogens (tertiary/aromatic N) is 5. The maximum absolute atomic E-state index is 12.4. The largest absolute Gasteiger partial charge is 0.364 e. The van der Waals surface area contributed by atoms with Crippen molar-refractivity contribution in [3.63, 3.8) is 0 Å². The Morgan fingerprint density at radius 3 is 2.65 bits per heavy atom. The third-order valence-corrected chi connectivity index (χ3v) is 4.70. The van der Waals surface area contributed by atoms with E-state index in [2.05, 4.69) is 21.8 Å². The lowest BCUT2D eigenvalue weighted by atomic mass is 10.2. The van der Waals surface area contributed by atoms with Gasteiger partial charge in [0.15, 0.2) is 11.5 Å². The van der Waals surface area contributed by atoms with Crippen molar-refractivity contribution < 1.29 is 9.63 Å². The first-order valence-corrected chi connectivity index (χ1v) is 8.79. The van der Waals surface area contributed by atoms with Gasteiger partial charge in [0.25, 0.3) is 0 Å². The molecule has 0 bridgehead atoms. The van der Waals surface area contributed by atoms with Gasteiger partial charge < -0.3 is 14.1 Å². The Morgan fingerprint density at radius 2 is 1.85 bits per heavy atom. The fraction of sp³-hybridized carbons (Fsp3) is 0.316. The molecule has 134 valence electrons. The Hall–Kier alpha value is -2.93.